The summed E-state index contributed by atoms with van der Waals surface area (Å²) in [7, 11) is 0. The normalized spacial score (nSPS) is 8.80. The lowest BCUT2D eigenvalue weighted by molar-refractivity contribution is 0.0663. The number of rotatable bonds is 2. The van der Waals surface area contributed by atoms with Crippen molar-refractivity contribution in [2.45, 2.75) is 0 Å². The predicted octanol–water partition coefficient (Wildman–Crippen LogP) is 1.58. The molecule has 0 bridgehead atoms. The van der Waals surface area contributed by atoms with Crippen LogP contribution in [0.15, 0.2) is 35.9 Å². The van der Waals surface area contributed by atoms with Crippen molar-refractivity contribution < 1.29 is 13.9 Å². The van der Waals surface area contributed by atoms with Crippen molar-refractivity contribution in [1.82, 2.24) is 0 Å². The van der Waals surface area contributed by atoms with Gasteiger partial charge in [-0.25, -0.2) is 4.79 Å². The van der Waals surface area contributed by atoms with Crippen molar-refractivity contribution in [3.05, 3.63) is 37.0 Å². The van der Waals surface area contributed by atoms with Crippen molar-refractivity contribution in [2.24, 2.45) is 0 Å². The molecule has 3 nitrogen and oxygen atoms in total. The van der Waals surface area contributed by atoms with Crippen LogP contribution in [0.4, 0.5) is 0 Å². The Labute approximate surface area is 57.9 Å². The molecule has 0 saturated heterocycles. The van der Waals surface area contributed by atoms with Gasteiger partial charge in [-0.15, -0.1) is 0 Å². The molecule has 0 radical (unpaired) electrons. The second-order valence-electron chi connectivity index (χ2n) is 1.58. The minimum absolute atomic E-state index is 0.389. The lowest BCUT2D eigenvalue weighted by Gasteiger charge is -1.90. The largest absolute Gasteiger partial charge is 0.472 e. The van der Waals surface area contributed by atoms with Crippen LogP contribution in [0.1, 0.15) is 10.4 Å². The maximum Gasteiger partial charge on any atom is 0.346 e. The summed E-state index contributed by atoms with van der Waals surface area (Å²) in [6, 6.07) is 1.52. The summed E-state index contributed by atoms with van der Waals surface area (Å²) in [4.78, 5) is 10.8. The van der Waals surface area contributed by atoms with Gasteiger partial charge >= 0.3 is 5.97 Å². The number of hydrogen-bond donors (Lipinski definition) is 0. The fourth-order valence-electron chi connectivity index (χ4n) is 0.524. The second kappa shape index (κ2) is 2.87. The van der Waals surface area contributed by atoms with Gasteiger partial charge in [-0.2, -0.15) is 0 Å². The lowest BCUT2D eigenvalue weighted by atomic mass is 10.3. The van der Waals surface area contributed by atoms with Crippen molar-refractivity contribution in [1.29, 1.82) is 0 Å². The predicted molar refractivity (Wildman–Crippen MR) is 34.3 cm³/mol. The van der Waals surface area contributed by atoms with E-state index >= 15 is 0 Å². The van der Waals surface area contributed by atoms with E-state index < -0.39 is 5.97 Å². The Morgan fingerprint density at radius 1 is 1.80 bits per heavy atom. The number of esters is 1. The van der Waals surface area contributed by atoms with E-state index in [0.717, 1.165) is 6.26 Å². The molecule has 0 spiro atoms. The summed E-state index contributed by atoms with van der Waals surface area (Å²) in [5.74, 6) is -0.455. The van der Waals surface area contributed by atoms with E-state index in [9.17, 15) is 4.79 Å². The van der Waals surface area contributed by atoms with Crippen LogP contribution >= 0.6 is 0 Å². The van der Waals surface area contributed by atoms with Gasteiger partial charge in [-0.1, -0.05) is 6.58 Å². The molecule has 3 heteroatoms. The molecule has 0 saturated carbocycles. The van der Waals surface area contributed by atoms with Crippen molar-refractivity contribution >= 4 is 5.97 Å². The fraction of sp³-hybridized carbons (Fsp3) is 0. The van der Waals surface area contributed by atoms with Crippen LogP contribution in [-0.4, -0.2) is 5.97 Å². The molecule has 0 aliphatic carbocycles. The van der Waals surface area contributed by atoms with Crippen molar-refractivity contribution in [3.63, 3.8) is 0 Å². The Bertz CT molecular complexity index is 223. The van der Waals surface area contributed by atoms with Crippen LogP contribution in [0.5, 0.6) is 0 Å². The zero-order valence-corrected chi connectivity index (χ0v) is 5.24. The smallest absolute Gasteiger partial charge is 0.346 e. The summed E-state index contributed by atoms with van der Waals surface area (Å²) >= 11 is 0. The minimum Gasteiger partial charge on any atom is -0.472 e. The summed E-state index contributed by atoms with van der Waals surface area (Å²) in [6.07, 6.45) is 3.79. The van der Waals surface area contributed by atoms with E-state index in [1.54, 1.807) is 0 Å². The first-order chi connectivity index (χ1) is 4.84. The molecule has 0 N–H and O–H groups in total. The topological polar surface area (TPSA) is 39.4 Å². The van der Waals surface area contributed by atoms with Gasteiger partial charge in [0.15, 0.2) is 0 Å². The number of carbonyl (C=O) groups excluding carboxylic acids is 1. The van der Waals surface area contributed by atoms with Crippen LogP contribution in [0.2, 0.25) is 0 Å². The van der Waals surface area contributed by atoms with Crippen LogP contribution in [0, 0.1) is 0 Å². The highest BCUT2D eigenvalue weighted by atomic mass is 16.5. The van der Waals surface area contributed by atoms with E-state index in [2.05, 4.69) is 15.7 Å². The lowest BCUT2D eigenvalue weighted by Crippen LogP contribution is -1.96. The third kappa shape index (κ3) is 1.25. The summed E-state index contributed by atoms with van der Waals surface area (Å²) < 4.78 is 9.10. The zero-order valence-electron chi connectivity index (χ0n) is 5.24. The number of ether oxygens (including phenoxy) is 1. The first-order valence-corrected chi connectivity index (χ1v) is 2.68. The zero-order chi connectivity index (χ0) is 7.40. The Morgan fingerprint density at radius 3 is 3.10 bits per heavy atom. The average Bonchev–Trinajstić information content (AvgIpc) is 2.38. The SMILES string of the molecule is C=COC(=O)c1ccoc1. The molecule has 0 amide bonds. The molecule has 52 valence electrons. The Kier molecular flexibility index (Phi) is 1.89. The van der Waals surface area contributed by atoms with Gasteiger partial charge in [0, 0.05) is 0 Å². The Morgan fingerprint density at radius 2 is 2.60 bits per heavy atom. The van der Waals surface area contributed by atoms with Gasteiger partial charge in [0.2, 0.25) is 0 Å². The van der Waals surface area contributed by atoms with E-state index in [4.69, 9.17) is 0 Å². The highest BCUT2D eigenvalue weighted by molar-refractivity contribution is 5.89. The molecule has 1 aromatic rings. The van der Waals surface area contributed by atoms with Gasteiger partial charge in [-0.05, 0) is 6.07 Å². The van der Waals surface area contributed by atoms with Gasteiger partial charge < -0.3 is 9.15 Å². The molecular weight excluding hydrogens is 132 g/mol. The monoisotopic (exact) mass is 138 g/mol. The molecule has 0 aliphatic heterocycles. The van der Waals surface area contributed by atoms with E-state index in [1.807, 2.05) is 0 Å². The van der Waals surface area contributed by atoms with E-state index in [-0.39, 0.29) is 0 Å². The van der Waals surface area contributed by atoms with E-state index in [0.29, 0.717) is 5.56 Å². The first kappa shape index (κ1) is 6.61. The summed E-state index contributed by atoms with van der Waals surface area (Å²) in [5.41, 5.74) is 0.389. The van der Waals surface area contributed by atoms with Gasteiger partial charge in [0.05, 0.1) is 18.1 Å². The Hall–Kier alpha value is -1.51. The second-order valence-corrected chi connectivity index (χ2v) is 1.58. The van der Waals surface area contributed by atoms with Gasteiger partial charge in [0.1, 0.15) is 6.26 Å². The van der Waals surface area contributed by atoms with Gasteiger partial charge in [0.25, 0.3) is 0 Å². The minimum atomic E-state index is -0.455. The highest BCUT2D eigenvalue weighted by Crippen LogP contribution is 2.01. The first-order valence-electron chi connectivity index (χ1n) is 2.68. The van der Waals surface area contributed by atoms with Crippen LogP contribution < -0.4 is 0 Å². The fourth-order valence-corrected chi connectivity index (χ4v) is 0.524. The number of hydrogen-bond acceptors (Lipinski definition) is 3. The molecule has 1 heterocycles. The highest BCUT2D eigenvalue weighted by Gasteiger charge is 2.04. The number of furan rings is 1. The van der Waals surface area contributed by atoms with Crippen molar-refractivity contribution in [2.75, 3.05) is 0 Å². The maximum atomic E-state index is 10.8. The molecule has 0 unspecified atom stereocenters. The molecule has 0 aliphatic rings. The van der Waals surface area contributed by atoms with Crippen LogP contribution in [-0.2, 0) is 4.74 Å². The summed E-state index contributed by atoms with van der Waals surface area (Å²) in [6.45, 7) is 3.24. The van der Waals surface area contributed by atoms with Crippen LogP contribution in [0.25, 0.3) is 0 Å². The van der Waals surface area contributed by atoms with Crippen LogP contribution in [0.3, 0.4) is 0 Å². The molecule has 10 heavy (non-hydrogen) atoms. The molecule has 0 atom stereocenters. The molecule has 1 aromatic heterocycles. The average molecular weight is 138 g/mol. The van der Waals surface area contributed by atoms with E-state index in [1.165, 1.54) is 18.6 Å². The number of carbonyl (C=O) groups is 1. The molecule has 0 aromatic carbocycles. The quantitative estimate of drug-likeness (QED) is 0.460. The Balaban J connectivity index is 2.68. The van der Waals surface area contributed by atoms with Gasteiger partial charge in [-0.3, -0.25) is 0 Å². The molecule has 0 fully saturated rings. The summed E-state index contributed by atoms with van der Waals surface area (Å²) in [5, 5.41) is 0. The standard InChI is InChI=1S/C7H6O3/c1-2-10-7(8)6-3-4-9-5-6/h2-5H,1H2. The van der Waals surface area contributed by atoms with Crippen molar-refractivity contribution in [3.8, 4) is 0 Å². The maximum absolute atomic E-state index is 10.8. The third-order valence-corrected chi connectivity index (χ3v) is 0.947. The molecular formula is C7H6O3. The third-order valence-electron chi connectivity index (χ3n) is 0.947. The molecule has 1 rings (SSSR count).